The smallest absolute Gasteiger partial charge is 0.203 e. The van der Waals surface area contributed by atoms with E-state index in [-0.39, 0.29) is 5.78 Å². The highest BCUT2D eigenvalue weighted by molar-refractivity contribution is 6.05. The van der Waals surface area contributed by atoms with Gasteiger partial charge in [0.1, 0.15) is 5.69 Å². The number of hydrogen-bond acceptors (Lipinski definition) is 3. The number of aryl methyl sites for hydroxylation is 1. The third kappa shape index (κ3) is 3.15. The van der Waals surface area contributed by atoms with Crippen LogP contribution in [0.25, 0.3) is 6.08 Å². The van der Waals surface area contributed by atoms with Gasteiger partial charge in [0, 0.05) is 32.5 Å². The first-order valence-corrected chi connectivity index (χ1v) is 6.63. The summed E-state index contributed by atoms with van der Waals surface area (Å²) in [5, 5.41) is 4.10. The zero-order valence-corrected chi connectivity index (χ0v) is 12.1. The zero-order valence-electron chi connectivity index (χ0n) is 12.1. The van der Waals surface area contributed by atoms with E-state index in [4.69, 9.17) is 0 Å². The lowest BCUT2D eigenvalue weighted by Crippen LogP contribution is -2.08. The van der Waals surface area contributed by atoms with Crippen LogP contribution in [0.4, 0.5) is 5.69 Å². The second kappa shape index (κ2) is 6.19. The molecule has 0 amide bonds. The Morgan fingerprint density at radius 1 is 1.25 bits per heavy atom. The highest BCUT2D eigenvalue weighted by Gasteiger charge is 2.07. The molecule has 0 aliphatic heterocycles. The van der Waals surface area contributed by atoms with E-state index in [0.29, 0.717) is 12.2 Å². The fourth-order valence-corrected chi connectivity index (χ4v) is 1.93. The van der Waals surface area contributed by atoms with Crippen LogP contribution in [-0.2, 0) is 6.54 Å². The van der Waals surface area contributed by atoms with Gasteiger partial charge in [-0.1, -0.05) is 18.2 Å². The second-order valence-electron chi connectivity index (χ2n) is 4.72. The first-order valence-electron chi connectivity index (χ1n) is 6.63. The molecule has 0 unspecified atom stereocenters. The van der Waals surface area contributed by atoms with Gasteiger partial charge in [-0.2, -0.15) is 5.10 Å². The fraction of sp³-hybridized carbons (Fsp3) is 0.250. The molecular weight excluding hydrogens is 250 g/mol. The minimum absolute atomic E-state index is 0.0268. The Hall–Kier alpha value is -2.36. The van der Waals surface area contributed by atoms with Crippen molar-refractivity contribution in [2.75, 3.05) is 19.0 Å². The molecule has 104 valence electrons. The standard InChI is InChI=1S/C16H19N3O/c1-4-19-15(11-12-17-19)16(20)10-7-13-5-8-14(9-6-13)18(2)3/h5-12H,4H2,1-3H3/b10-7+. The zero-order chi connectivity index (χ0) is 14.5. The van der Waals surface area contributed by atoms with E-state index >= 15 is 0 Å². The Morgan fingerprint density at radius 3 is 2.55 bits per heavy atom. The number of aromatic nitrogens is 2. The quantitative estimate of drug-likeness (QED) is 0.619. The molecule has 1 aromatic carbocycles. The van der Waals surface area contributed by atoms with Gasteiger partial charge < -0.3 is 4.90 Å². The first kappa shape index (κ1) is 14.1. The molecule has 0 fully saturated rings. The molecule has 4 nitrogen and oxygen atoms in total. The van der Waals surface area contributed by atoms with Gasteiger partial charge in [0.2, 0.25) is 5.78 Å². The maximum atomic E-state index is 12.1. The van der Waals surface area contributed by atoms with Crippen LogP contribution in [0, 0.1) is 0 Å². The Labute approximate surface area is 119 Å². The number of ketones is 1. The van der Waals surface area contributed by atoms with Crippen LogP contribution in [0.3, 0.4) is 0 Å². The van der Waals surface area contributed by atoms with Crippen molar-refractivity contribution in [3.63, 3.8) is 0 Å². The van der Waals surface area contributed by atoms with Crippen molar-refractivity contribution in [3.05, 3.63) is 53.9 Å². The van der Waals surface area contributed by atoms with Crippen molar-refractivity contribution in [1.29, 1.82) is 0 Å². The van der Waals surface area contributed by atoms with Crippen LogP contribution in [0.2, 0.25) is 0 Å². The lowest BCUT2D eigenvalue weighted by molar-refractivity contribution is 0.103. The fourth-order valence-electron chi connectivity index (χ4n) is 1.93. The number of rotatable bonds is 5. The number of hydrogen-bond donors (Lipinski definition) is 0. The third-order valence-electron chi connectivity index (χ3n) is 3.11. The maximum Gasteiger partial charge on any atom is 0.203 e. The van der Waals surface area contributed by atoms with Gasteiger partial charge in [-0.25, -0.2) is 0 Å². The largest absolute Gasteiger partial charge is 0.378 e. The summed E-state index contributed by atoms with van der Waals surface area (Å²) in [4.78, 5) is 14.1. The Balaban J connectivity index is 2.11. The topological polar surface area (TPSA) is 38.1 Å². The molecule has 1 heterocycles. The average Bonchev–Trinajstić information content (AvgIpc) is 2.93. The van der Waals surface area contributed by atoms with Crippen molar-refractivity contribution >= 4 is 17.5 Å². The van der Waals surface area contributed by atoms with Gasteiger partial charge in [-0.05, 0) is 36.8 Å². The average molecular weight is 269 g/mol. The third-order valence-corrected chi connectivity index (χ3v) is 3.11. The molecule has 2 aromatic rings. The summed E-state index contributed by atoms with van der Waals surface area (Å²) in [5.41, 5.74) is 2.76. The van der Waals surface area contributed by atoms with E-state index in [2.05, 4.69) is 5.10 Å². The number of anilines is 1. The minimum atomic E-state index is -0.0268. The van der Waals surface area contributed by atoms with E-state index in [1.807, 2.05) is 56.3 Å². The van der Waals surface area contributed by atoms with E-state index in [1.54, 1.807) is 23.0 Å². The second-order valence-corrected chi connectivity index (χ2v) is 4.72. The molecule has 0 spiro atoms. The number of carbonyl (C=O) groups excluding carboxylic acids is 1. The molecule has 0 bridgehead atoms. The number of carbonyl (C=O) groups is 1. The predicted octanol–water partition coefficient (Wildman–Crippen LogP) is 2.87. The molecule has 0 aliphatic carbocycles. The van der Waals surface area contributed by atoms with Gasteiger partial charge in [0.15, 0.2) is 0 Å². The Kier molecular flexibility index (Phi) is 4.35. The lowest BCUT2D eigenvalue weighted by atomic mass is 10.1. The number of nitrogens with zero attached hydrogens (tertiary/aromatic N) is 3. The number of benzene rings is 1. The maximum absolute atomic E-state index is 12.1. The first-order chi connectivity index (χ1) is 9.61. The van der Waals surface area contributed by atoms with Crippen LogP contribution < -0.4 is 4.90 Å². The minimum Gasteiger partial charge on any atom is -0.378 e. The van der Waals surface area contributed by atoms with E-state index in [9.17, 15) is 4.79 Å². The van der Waals surface area contributed by atoms with E-state index in [0.717, 1.165) is 11.3 Å². The summed E-state index contributed by atoms with van der Waals surface area (Å²) in [7, 11) is 4.00. The van der Waals surface area contributed by atoms with Crippen molar-refractivity contribution < 1.29 is 4.79 Å². The monoisotopic (exact) mass is 269 g/mol. The van der Waals surface area contributed by atoms with Gasteiger partial charge in [-0.3, -0.25) is 9.48 Å². The van der Waals surface area contributed by atoms with Gasteiger partial charge >= 0.3 is 0 Å². The van der Waals surface area contributed by atoms with Crippen LogP contribution in [0.1, 0.15) is 23.0 Å². The van der Waals surface area contributed by atoms with Crippen LogP contribution in [0.5, 0.6) is 0 Å². The summed E-state index contributed by atoms with van der Waals surface area (Å²) in [6.07, 6.45) is 5.07. The molecular formula is C16H19N3O. The van der Waals surface area contributed by atoms with Crippen molar-refractivity contribution in [1.82, 2.24) is 9.78 Å². The summed E-state index contributed by atoms with van der Waals surface area (Å²) in [6.45, 7) is 2.66. The van der Waals surface area contributed by atoms with Crippen LogP contribution >= 0.6 is 0 Å². The van der Waals surface area contributed by atoms with Gasteiger partial charge in [0.05, 0.1) is 0 Å². The highest BCUT2D eigenvalue weighted by Crippen LogP contribution is 2.13. The summed E-state index contributed by atoms with van der Waals surface area (Å²) in [6, 6.07) is 9.79. The van der Waals surface area contributed by atoms with Gasteiger partial charge in [0.25, 0.3) is 0 Å². The molecule has 0 N–H and O–H groups in total. The van der Waals surface area contributed by atoms with Crippen molar-refractivity contribution in [2.24, 2.45) is 0 Å². The highest BCUT2D eigenvalue weighted by atomic mass is 16.1. The van der Waals surface area contributed by atoms with Crippen LogP contribution in [0.15, 0.2) is 42.6 Å². The summed E-state index contributed by atoms with van der Waals surface area (Å²) < 4.78 is 1.70. The molecule has 0 radical (unpaired) electrons. The molecule has 0 atom stereocenters. The SMILES string of the molecule is CCn1nccc1C(=O)/C=C/c1ccc(N(C)C)cc1. The normalized spacial score (nSPS) is 10.9. The van der Waals surface area contributed by atoms with Crippen LogP contribution in [-0.4, -0.2) is 29.7 Å². The number of allylic oxidation sites excluding steroid dienone is 1. The lowest BCUT2D eigenvalue weighted by Gasteiger charge is -2.11. The Bertz CT molecular complexity index is 609. The van der Waals surface area contributed by atoms with E-state index in [1.165, 1.54) is 0 Å². The molecule has 20 heavy (non-hydrogen) atoms. The van der Waals surface area contributed by atoms with Crippen molar-refractivity contribution in [2.45, 2.75) is 13.5 Å². The van der Waals surface area contributed by atoms with E-state index < -0.39 is 0 Å². The predicted molar refractivity (Wildman–Crippen MR) is 82.0 cm³/mol. The summed E-state index contributed by atoms with van der Waals surface area (Å²) in [5.74, 6) is -0.0268. The molecule has 0 saturated heterocycles. The molecule has 4 heteroatoms. The van der Waals surface area contributed by atoms with Gasteiger partial charge in [-0.15, -0.1) is 0 Å². The molecule has 0 saturated carbocycles. The molecule has 1 aromatic heterocycles. The summed E-state index contributed by atoms with van der Waals surface area (Å²) >= 11 is 0. The Morgan fingerprint density at radius 2 is 1.95 bits per heavy atom. The molecule has 2 rings (SSSR count). The van der Waals surface area contributed by atoms with Crippen molar-refractivity contribution in [3.8, 4) is 0 Å². The molecule has 0 aliphatic rings.